The zero-order valence-electron chi connectivity index (χ0n) is 15.4. The Bertz CT molecular complexity index is 740. The van der Waals surface area contributed by atoms with Gasteiger partial charge in [-0.3, -0.25) is 4.79 Å². The summed E-state index contributed by atoms with van der Waals surface area (Å²) in [4.78, 5) is 12.5. The number of carbonyl (C=O) groups excluding carboxylic acids is 1. The molecule has 0 unspecified atom stereocenters. The van der Waals surface area contributed by atoms with Gasteiger partial charge >= 0.3 is 0 Å². The van der Waals surface area contributed by atoms with Crippen molar-refractivity contribution in [1.29, 1.82) is 0 Å². The van der Waals surface area contributed by atoms with E-state index in [0.717, 1.165) is 19.3 Å². The van der Waals surface area contributed by atoms with Gasteiger partial charge < -0.3 is 10.1 Å². The van der Waals surface area contributed by atoms with Crippen molar-refractivity contribution in [2.24, 2.45) is 5.92 Å². The Morgan fingerprint density at radius 1 is 1.19 bits per heavy atom. The fourth-order valence-electron chi connectivity index (χ4n) is 3.80. The first kappa shape index (κ1) is 19.3. The summed E-state index contributed by atoms with van der Waals surface area (Å²) >= 11 is 0. The van der Waals surface area contributed by atoms with Gasteiger partial charge in [-0.2, -0.15) is 4.31 Å². The predicted molar refractivity (Wildman–Crippen MR) is 99.5 cm³/mol. The van der Waals surface area contributed by atoms with Crippen molar-refractivity contribution >= 4 is 15.9 Å². The third kappa shape index (κ3) is 4.27. The van der Waals surface area contributed by atoms with Crippen LogP contribution in [0.4, 0.5) is 0 Å². The van der Waals surface area contributed by atoms with Crippen molar-refractivity contribution in [3.8, 4) is 0 Å². The Balaban J connectivity index is 1.62. The molecule has 1 N–H and O–H groups in total. The lowest BCUT2D eigenvalue weighted by Crippen LogP contribution is -2.43. The molecular weight excluding hydrogens is 352 g/mol. The first-order chi connectivity index (χ1) is 12.5. The Morgan fingerprint density at radius 2 is 1.88 bits per heavy atom. The van der Waals surface area contributed by atoms with Crippen LogP contribution in [0.15, 0.2) is 23.1 Å². The molecule has 0 radical (unpaired) electrons. The SMILES string of the molecule is COCCNC(=O)C1CCN(S(=O)(=O)c2ccc3c(c2)CCCC3)CC1. The minimum atomic E-state index is -3.48. The minimum absolute atomic E-state index is 0.00659. The summed E-state index contributed by atoms with van der Waals surface area (Å²) in [7, 11) is -1.89. The zero-order chi connectivity index (χ0) is 18.6. The Kier molecular flexibility index (Phi) is 6.32. The number of nitrogens with zero attached hydrogens (tertiary/aromatic N) is 1. The molecule has 1 aliphatic heterocycles. The van der Waals surface area contributed by atoms with Crippen LogP contribution < -0.4 is 5.32 Å². The third-order valence-electron chi connectivity index (χ3n) is 5.39. The molecule has 0 spiro atoms. The quantitative estimate of drug-likeness (QED) is 0.763. The van der Waals surface area contributed by atoms with Gasteiger partial charge in [-0.05, 0) is 61.8 Å². The van der Waals surface area contributed by atoms with Gasteiger partial charge in [0.05, 0.1) is 11.5 Å². The van der Waals surface area contributed by atoms with Crippen LogP contribution in [-0.2, 0) is 32.4 Å². The maximum absolute atomic E-state index is 13.0. The molecule has 0 aromatic heterocycles. The lowest BCUT2D eigenvalue weighted by Gasteiger charge is -2.31. The van der Waals surface area contributed by atoms with Crippen molar-refractivity contribution in [3.05, 3.63) is 29.3 Å². The number of sulfonamides is 1. The van der Waals surface area contributed by atoms with E-state index >= 15 is 0 Å². The third-order valence-corrected chi connectivity index (χ3v) is 7.28. The molecule has 26 heavy (non-hydrogen) atoms. The molecule has 1 fully saturated rings. The van der Waals surface area contributed by atoms with Crippen LogP contribution in [0.25, 0.3) is 0 Å². The van der Waals surface area contributed by atoms with Gasteiger partial charge in [-0.25, -0.2) is 8.42 Å². The number of aryl methyl sites for hydroxylation is 2. The summed E-state index contributed by atoms with van der Waals surface area (Å²) in [5.41, 5.74) is 2.45. The number of hydrogen-bond acceptors (Lipinski definition) is 4. The van der Waals surface area contributed by atoms with Gasteiger partial charge in [-0.1, -0.05) is 6.07 Å². The number of hydrogen-bond donors (Lipinski definition) is 1. The van der Waals surface area contributed by atoms with Gasteiger partial charge in [0.2, 0.25) is 15.9 Å². The van der Waals surface area contributed by atoms with Crippen LogP contribution >= 0.6 is 0 Å². The summed E-state index contributed by atoms with van der Waals surface area (Å²) in [6.45, 7) is 1.75. The lowest BCUT2D eigenvalue weighted by atomic mass is 9.92. The maximum Gasteiger partial charge on any atom is 0.243 e. The molecule has 1 aromatic carbocycles. The van der Waals surface area contributed by atoms with Crippen LogP contribution in [0.3, 0.4) is 0 Å². The van der Waals surface area contributed by atoms with Gasteiger partial charge in [0, 0.05) is 32.7 Å². The molecule has 1 heterocycles. The number of rotatable bonds is 6. The van der Waals surface area contributed by atoms with E-state index in [9.17, 15) is 13.2 Å². The molecule has 3 rings (SSSR count). The summed E-state index contributed by atoms with van der Waals surface area (Å²) < 4.78 is 32.4. The van der Waals surface area contributed by atoms with Gasteiger partial charge in [0.25, 0.3) is 0 Å². The van der Waals surface area contributed by atoms with E-state index in [4.69, 9.17) is 4.74 Å². The van der Waals surface area contributed by atoms with Crippen LogP contribution in [0, 0.1) is 5.92 Å². The average molecular weight is 381 g/mol. The van der Waals surface area contributed by atoms with Gasteiger partial charge in [-0.15, -0.1) is 0 Å². The van der Waals surface area contributed by atoms with Crippen molar-refractivity contribution in [3.63, 3.8) is 0 Å². The highest BCUT2D eigenvalue weighted by atomic mass is 32.2. The minimum Gasteiger partial charge on any atom is -0.383 e. The fraction of sp³-hybridized carbons (Fsp3) is 0.632. The predicted octanol–water partition coefficient (Wildman–Crippen LogP) is 1.73. The largest absolute Gasteiger partial charge is 0.383 e. The standard InChI is InChI=1S/C19H28N2O4S/c1-25-13-10-20-19(22)16-8-11-21(12-9-16)26(23,24)18-7-6-15-4-2-3-5-17(15)14-18/h6-7,14,16H,2-5,8-13H2,1H3,(H,20,22). The van der Waals surface area contributed by atoms with E-state index in [-0.39, 0.29) is 11.8 Å². The second-order valence-electron chi connectivity index (χ2n) is 7.10. The molecule has 1 aliphatic carbocycles. The molecule has 0 bridgehead atoms. The van der Waals surface area contributed by atoms with Crippen LogP contribution in [-0.4, -0.2) is 52.0 Å². The van der Waals surface area contributed by atoms with Crippen molar-refractivity contribution < 1.29 is 17.9 Å². The first-order valence-electron chi connectivity index (χ1n) is 9.41. The zero-order valence-corrected chi connectivity index (χ0v) is 16.2. The topological polar surface area (TPSA) is 75.7 Å². The molecular formula is C19H28N2O4S. The molecule has 7 heteroatoms. The van der Waals surface area contributed by atoms with E-state index < -0.39 is 10.0 Å². The van der Waals surface area contributed by atoms with Crippen LogP contribution in [0.1, 0.15) is 36.8 Å². The van der Waals surface area contributed by atoms with Gasteiger partial charge in [0.15, 0.2) is 0 Å². The molecule has 0 saturated carbocycles. The lowest BCUT2D eigenvalue weighted by molar-refractivity contribution is -0.126. The Labute approximate surface area is 156 Å². The smallest absolute Gasteiger partial charge is 0.243 e. The van der Waals surface area contributed by atoms with Crippen LogP contribution in [0.2, 0.25) is 0 Å². The molecule has 1 saturated heterocycles. The van der Waals surface area contributed by atoms with E-state index in [1.165, 1.54) is 21.9 Å². The maximum atomic E-state index is 13.0. The average Bonchev–Trinajstić information content (AvgIpc) is 2.67. The number of fused-ring (bicyclic) bond motifs is 1. The number of nitrogens with one attached hydrogen (secondary N) is 1. The molecule has 1 amide bonds. The van der Waals surface area contributed by atoms with E-state index in [2.05, 4.69) is 5.32 Å². The van der Waals surface area contributed by atoms with Crippen molar-refractivity contribution in [2.75, 3.05) is 33.4 Å². The van der Waals surface area contributed by atoms with Gasteiger partial charge in [0.1, 0.15) is 0 Å². The monoisotopic (exact) mass is 380 g/mol. The summed E-state index contributed by atoms with van der Waals surface area (Å²) in [5.74, 6) is -0.130. The highest BCUT2D eigenvalue weighted by Crippen LogP contribution is 2.28. The molecule has 0 atom stereocenters. The number of ether oxygens (including phenoxy) is 1. The van der Waals surface area contributed by atoms with E-state index in [1.807, 2.05) is 12.1 Å². The van der Waals surface area contributed by atoms with Crippen molar-refractivity contribution in [2.45, 2.75) is 43.4 Å². The second-order valence-corrected chi connectivity index (χ2v) is 9.04. The van der Waals surface area contributed by atoms with Crippen molar-refractivity contribution in [1.82, 2.24) is 9.62 Å². The second kappa shape index (κ2) is 8.50. The number of benzene rings is 1. The Morgan fingerprint density at radius 3 is 2.58 bits per heavy atom. The number of piperidine rings is 1. The molecule has 6 nitrogen and oxygen atoms in total. The highest BCUT2D eigenvalue weighted by molar-refractivity contribution is 7.89. The van der Waals surface area contributed by atoms with E-state index in [0.29, 0.717) is 44.0 Å². The highest BCUT2D eigenvalue weighted by Gasteiger charge is 2.32. The molecule has 2 aliphatic rings. The number of amides is 1. The summed E-state index contributed by atoms with van der Waals surface area (Å²) in [6.07, 6.45) is 5.42. The van der Waals surface area contributed by atoms with Crippen LogP contribution in [0.5, 0.6) is 0 Å². The fourth-order valence-corrected chi connectivity index (χ4v) is 5.32. The number of methoxy groups -OCH3 is 1. The normalized spacial score (nSPS) is 19.1. The molecule has 1 aromatic rings. The number of carbonyl (C=O) groups is 1. The first-order valence-corrected chi connectivity index (χ1v) is 10.8. The summed E-state index contributed by atoms with van der Waals surface area (Å²) in [6, 6.07) is 5.56. The molecule has 144 valence electrons. The summed E-state index contributed by atoms with van der Waals surface area (Å²) in [5, 5.41) is 2.84. The van der Waals surface area contributed by atoms with E-state index in [1.54, 1.807) is 13.2 Å². The Hall–Kier alpha value is -1.44.